The molecule has 0 saturated carbocycles. The van der Waals surface area contributed by atoms with Crippen molar-refractivity contribution in [1.82, 2.24) is 19.6 Å². The van der Waals surface area contributed by atoms with Crippen molar-refractivity contribution in [1.29, 1.82) is 0 Å². The maximum atomic E-state index is 12.2. The smallest absolute Gasteiger partial charge is 0.275 e. The Labute approximate surface area is 138 Å². The minimum atomic E-state index is -0.314. The summed E-state index contributed by atoms with van der Waals surface area (Å²) in [4.78, 5) is 12.2. The standard InChI is InChI=1S/C16H16ClN5O/c1-11-5-3-4-6-12(11)9-22-10-13(7-19-22)20-16(23)15-14(17)8-18-21(15)2/h3-8,10H,9H2,1-2H3,(H,20,23). The fourth-order valence-corrected chi connectivity index (χ4v) is 2.58. The van der Waals surface area contributed by atoms with E-state index in [1.54, 1.807) is 24.1 Å². The van der Waals surface area contributed by atoms with E-state index in [9.17, 15) is 4.79 Å². The molecule has 1 aromatic carbocycles. The van der Waals surface area contributed by atoms with Gasteiger partial charge < -0.3 is 5.32 Å². The number of hydrogen-bond acceptors (Lipinski definition) is 3. The maximum Gasteiger partial charge on any atom is 0.275 e. The molecule has 2 heterocycles. The van der Waals surface area contributed by atoms with Crippen LogP contribution in [-0.4, -0.2) is 25.5 Å². The number of hydrogen-bond donors (Lipinski definition) is 1. The first-order valence-electron chi connectivity index (χ1n) is 7.10. The van der Waals surface area contributed by atoms with Crippen LogP contribution in [0.4, 0.5) is 5.69 Å². The summed E-state index contributed by atoms with van der Waals surface area (Å²) in [6.07, 6.45) is 4.84. The van der Waals surface area contributed by atoms with Gasteiger partial charge in [-0.2, -0.15) is 10.2 Å². The first-order valence-corrected chi connectivity index (χ1v) is 7.48. The Morgan fingerprint density at radius 3 is 2.74 bits per heavy atom. The molecule has 1 amide bonds. The van der Waals surface area contributed by atoms with Crippen LogP contribution in [0.5, 0.6) is 0 Å². The Hall–Kier alpha value is -2.60. The molecule has 0 aliphatic rings. The van der Waals surface area contributed by atoms with E-state index in [0.29, 0.717) is 22.9 Å². The lowest BCUT2D eigenvalue weighted by molar-refractivity contribution is 0.101. The van der Waals surface area contributed by atoms with Crippen molar-refractivity contribution in [2.45, 2.75) is 13.5 Å². The van der Waals surface area contributed by atoms with Gasteiger partial charge in [-0.3, -0.25) is 14.2 Å². The topological polar surface area (TPSA) is 64.7 Å². The number of aromatic nitrogens is 4. The zero-order valence-electron chi connectivity index (χ0n) is 12.8. The van der Waals surface area contributed by atoms with Crippen LogP contribution in [0.15, 0.2) is 42.9 Å². The third kappa shape index (κ3) is 3.27. The third-order valence-corrected chi connectivity index (χ3v) is 3.87. The Balaban J connectivity index is 1.73. The molecule has 6 nitrogen and oxygen atoms in total. The maximum absolute atomic E-state index is 12.2. The predicted molar refractivity (Wildman–Crippen MR) is 88.7 cm³/mol. The van der Waals surface area contributed by atoms with E-state index in [1.807, 2.05) is 12.1 Å². The summed E-state index contributed by atoms with van der Waals surface area (Å²) >= 11 is 5.97. The fourth-order valence-electron chi connectivity index (χ4n) is 2.33. The van der Waals surface area contributed by atoms with Gasteiger partial charge in [0, 0.05) is 13.2 Å². The van der Waals surface area contributed by atoms with Crippen LogP contribution in [0, 0.1) is 6.92 Å². The summed E-state index contributed by atoms with van der Waals surface area (Å²) in [5.74, 6) is -0.314. The first kappa shape index (κ1) is 15.3. The van der Waals surface area contributed by atoms with Crippen LogP contribution in [0.25, 0.3) is 0 Å². The number of carbonyl (C=O) groups excluding carboxylic acids is 1. The summed E-state index contributed by atoms with van der Waals surface area (Å²) in [6.45, 7) is 2.71. The number of amides is 1. The van der Waals surface area contributed by atoms with Gasteiger partial charge in [0.25, 0.3) is 5.91 Å². The van der Waals surface area contributed by atoms with E-state index >= 15 is 0 Å². The molecule has 7 heteroatoms. The van der Waals surface area contributed by atoms with E-state index in [0.717, 1.165) is 0 Å². The second-order valence-electron chi connectivity index (χ2n) is 5.27. The van der Waals surface area contributed by atoms with Crippen LogP contribution in [0.1, 0.15) is 21.6 Å². The van der Waals surface area contributed by atoms with E-state index in [-0.39, 0.29) is 5.91 Å². The zero-order valence-corrected chi connectivity index (χ0v) is 13.6. The molecule has 0 aliphatic carbocycles. The van der Waals surface area contributed by atoms with Crippen molar-refractivity contribution < 1.29 is 4.79 Å². The third-order valence-electron chi connectivity index (χ3n) is 3.59. The van der Waals surface area contributed by atoms with Gasteiger partial charge in [-0.05, 0) is 18.1 Å². The van der Waals surface area contributed by atoms with Crippen molar-refractivity contribution in [3.8, 4) is 0 Å². The highest BCUT2D eigenvalue weighted by molar-refractivity contribution is 6.34. The molecule has 0 radical (unpaired) electrons. The summed E-state index contributed by atoms with van der Waals surface area (Å²) < 4.78 is 3.22. The molecular weight excluding hydrogens is 314 g/mol. The molecule has 0 saturated heterocycles. The molecule has 0 aliphatic heterocycles. The lowest BCUT2D eigenvalue weighted by Crippen LogP contribution is -2.16. The lowest BCUT2D eigenvalue weighted by Gasteiger charge is -2.05. The number of carbonyl (C=O) groups is 1. The van der Waals surface area contributed by atoms with Crippen molar-refractivity contribution in [2.24, 2.45) is 7.05 Å². The van der Waals surface area contributed by atoms with Gasteiger partial charge in [0.2, 0.25) is 0 Å². The Kier molecular flexibility index (Phi) is 4.16. The largest absolute Gasteiger partial charge is 0.318 e. The number of nitrogens with one attached hydrogen (secondary N) is 1. The number of anilines is 1. The van der Waals surface area contributed by atoms with E-state index in [2.05, 4.69) is 34.6 Å². The van der Waals surface area contributed by atoms with Crippen LogP contribution in [0.3, 0.4) is 0 Å². The molecule has 0 spiro atoms. The second kappa shape index (κ2) is 6.26. The summed E-state index contributed by atoms with van der Waals surface area (Å²) in [7, 11) is 1.67. The number of rotatable bonds is 4. The van der Waals surface area contributed by atoms with Crippen LogP contribution in [0.2, 0.25) is 5.02 Å². The molecule has 0 fully saturated rings. The zero-order chi connectivity index (χ0) is 16.4. The van der Waals surface area contributed by atoms with Crippen LogP contribution in [-0.2, 0) is 13.6 Å². The average Bonchev–Trinajstić information content (AvgIpc) is 3.08. The van der Waals surface area contributed by atoms with E-state index in [4.69, 9.17) is 11.6 Å². The molecule has 3 rings (SSSR count). The van der Waals surface area contributed by atoms with Crippen molar-refractivity contribution in [3.63, 3.8) is 0 Å². The van der Waals surface area contributed by atoms with Gasteiger partial charge in [0.15, 0.2) is 0 Å². The molecular formula is C16H16ClN5O. The molecule has 0 atom stereocenters. The van der Waals surface area contributed by atoms with Gasteiger partial charge in [-0.25, -0.2) is 0 Å². The Morgan fingerprint density at radius 2 is 2.04 bits per heavy atom. The van der Waals surface area contributed by atoms with Crippen molar-refractivity contribution in [2.75, 3.05) is 5.32 Å². The minimum Gasteiger partial charge on any atom is -0.318 e. The van der Waals surface area contributed by atoms with Gasteiger partial charge in [-0.1, -0.05) is 35.9 Å². The SMILES string of the molecule is Cc1ccccc1Cn1cc(NC(=O)c2c(Cl)cnn2C)cn1. The van der Waals surface area contributed by atoms with Gasteiger partial charge >= 0.3 is 0 Å². The Morgan fingerprint density at radius 1 is 1.26 bits per heavy atom. The van der Waals surface area contributed by atoms with Crippen molar-refractivity contribution in [3.05, 3.63) is 64.7 Å². The second-order valence-corrected chi connectivity index (χ2v) is 5.68. The highest BCUT2D eigenvalue weighted by atomic mass is 35.5. The number of halogens is 1. The van der Waals surface area contributed by atoms with Crippen LogP contribution >= 0.6 is 11.6 Å². The first-order chi connectivity index (χ1) is 11.0. The normalized spacial score (nSPS) is 10.7. The lowest BCUT2D eigenvalue weighted by atomic mass is 10.1. The molecule has 23 heavy (non-hydrogen) atoms. The fraction of sp³-hybridized carbons (Fsp3) is 0.188. The summed E-state index contributed by atoms with van der Waals surface area (Å²) in [6, 6.07) is 8.13. The molecule has 2 aromatic heterocycles. The highest BCUT2D eigenvalue weighted by Gasteiger charge is 2.16. The van der Waals surface area contributed by atoms with Gasteiger partial charge in [0.1, 0.15) is 5.69 Å². The number of aryl methyl sites for hydroxylation is 2. The molecule has 0 unspecified atom stereocenters. The molecule has 1 N–H and O–H groups in total. The van der Waals surface area contributed by atoms with E-state index in [1.165, 1.54) is 22.0 Å². The van der Waals surface area contributed by atoms with Gasteiger partial charge in [-0.15, -0.1) is 0 Å². The highest BCUT2D eigenvalue weighted by Crippen LogP contribution is 2.17. The molecule has 3 aromatic rings. The molecule has 118 valence electrons. The average molecular weight is 330 g/mol. The quantitative estimate of drug-likeness (QED) is 0.800. The van der Waals surface area contributed by atoms with Crippen molar-refractivity contribution >= 4 is 23.2 Å². The van der Waals surface area contributed by atoms with Crippen LogP contribution < -0.4 is 5.32 Å². The molecule has 0 bridgehead atoms. The number of nitrogens with zero attached hydrogens (tertiary/aromatic N) is 4. The summed E-state index contributed by atoms with van der Waals surface area (Å²) in [5.41, 5.74) is 3.32. The predicted octanol–water partition coefficient (Wildman–Crippen LogP) is 2.88. The Bertz CT molecular complexity index is 832. The number of benzene rings is 1. The summed E-state index contributed by atoms with van der Waals surface area (Å²) in [5, 5.41) is 11.3. The van der Waals surface area contributed by atoms with E-state index < -0.39 is 0 Å². The monoisotopic (exact) mass is 329 g/mol. The van der Waals surface area contributed by atoms with Gasteiger partial charge in [0.05, 0.1) is 29.6 Å². The minimum absolute atomic E-state index is 0.314.